The van der Waals surface area contributed by atoms with Crippen molar-refractivity contribution >= 4 is 41.3 Å². The van der Waals surface area contributed by atoms with Crippen molar-refractivity contribution < 1.29 is 14.0 Å². The summed E-state index contributed by atoms with van der Waals surface area (Å²) < 4.78 is 5.30. The second-order valence-electron chi connectivity index (χ2n) is 6.83. The molecule has 0 saturated heterocycles. The molecule has 5 nitrogen and oxygen atoms in total. The normalized spacial score (nSPS) is 11.2. The molecule has 0 radical (unpaired) electrons. The van der Waals surface area contributed by atoms with Gasteiger partial charge in [-0.25, -0.2) is 0 Å². The fourth-order valence-electron chi connectivity index (χ4n) is 2.72. The molecule has 0 aliphatic heterocycles. The number of rotatable bonds is 9. The Balaban J connectivity index is 1.56. The molecule has 0 fully saturated rings. The second-order valence-corrected chi connectivity index (χ2v) is 8.37. The zero-order valence-corrected chi connectivity index (χ0v) is 18.6. The molecule has 0 unspecified atom stereocenters. The molecule has 0 saturated carbocycles. The molecule has 0 atom stereocenters. The minimum absolute atomic E-state index is 0.125. The van der Waals surface area contributed by atoms with Crippen molar-refractivity contribution in [3.63, 3.8) is 0 Å². The van der Waals surface area contributed by atoms with E-state index in [1.807, 2.05) is 43.3 Å². The van der Waals surface area contributed by atoms with Crippen LogP contribution in [-0.2, 0) is 10.5 Å². The maximum Gasteiger partial charge on any atom is 0.267 e. The van der Waals surface area contributed by atoms with E-state index in [1.54, 1.807) is 36.0 Å². The lowest BCUT2D eigenvalue weighted by Gasteiger charge is -2.11. The second kappa shape index (κ2) is 11.4. The van der Waals surface area contributed by atoms with Crippen molar-refractivity contribution in [3.8, 4) is 0 Å². The summed E-state index contributed by atoms with van der Waals surface area (Å²) in [6.45, 7) is 2.40. The van der Waals surface area contributed by atoms with Gasteiger partial charge in [0.2, 0.25) is 0 Å². The van der Waals surface area contributed by atoms with Gasteiger partial charge in [0.25, 0.3) is 11.8 Å². The average Bonchev–Trinajstić information content (AvgIpc) is 3.26. The van der Waals surface area contributed by atoms with Crippen LogP contribution >= 0.6 is 23.4 Å². The molecule has 0 bridgehead atoms. The first-order valence-corrected chi connectivity index (χ1v) is 11.3. The first-order chi connectivity index (χ1) is 15.0. The van der Waals surface area contributed by atoms with E-state index >= 15 is 0 Å². The quantitative estimate of drug-likeness (QED) is 0.350. The Hall–Kier alpha value is -2.96. The van der Waals surface area contributed by atoms with Crippen LogP contribution in [0.3, 0.4) is 0 Å². The van der Waals surface area contributed by atoms with Crippen LogP contribution in [0, 0.1) is 6.92 Å². The van der Waals surface area contributed by atoms with Gasteiger partial charge in [0, 0.05) is 34.7 Å². The number of halogens is 1. The van der Waals surface area contributed by atoms with E-state index in [1.165, 1.54) is 12.3 Å². The predicted molar refractivity (Wildman–Crippen MR) is 126 cm³/mol. The lowest BCUT2D eigenvalue weighted by molar-refractivity contribution is -0.117. The summed E-state index contributed by atoms with van der Waals surface area (Å²) in [5, 5.41) is 6.25. The topological polar surface area (TPSA) is 71.3 Å². The van der Waals surface area contributed by atoms with Gasteiger partial charge in [-0.15, -0.1) is 0 Å². The molecule has 2 amide bonds. The van der Waals surface area contributed by atoms with Crippen LogP contribution in [0.5, 0.6) is 0 Å². The van der Waals surface area contributed by atoms with Crippen molar-refractivity contribution in [1.82, 2.24) is 10.6 Å². The Morgan fingerprint density at radius 3 is 2.61 bits per heavy atom. The van der Waals surface area contributed by atoms with E-state index in [4.69, 9.17) is 16.0 Å². The third-order valence-corrected chi connectivity index (χ3v) is 5.59. The Labute approximate surface area is 190 Å². The maximum atomic E-state index is 12.7. The van der Waals surface area contributed by atoms with Crippen LogP contribution in [0.15, 0.2) is 77.0 Å². The lowest BCUT2D eigenvalue weighted by atomic mass is 10.1. The number of benzene rings is 2. The lowest BCUT2D eigenvalue weighted by Crippen LogP contribution is -2.35. The van der Waals surface area contributed by atoms with E-state index < -0.39 is 0 Å². The van der Waals surface area contributed by atoms with Gasteiger partial charge >= 0.3 is 0 Å². The van der Waals surface area contributed by atoms with Crippen molar-refractivity contribution in [2.75, 3.05) is 12.3 Å². The number of aryl methyl sites for hydroxylation is 1. The number of hydrogen-bond donors (Lipinski definition) is 2. The third kappa shape index (κ3) is 7.35. The summed E-state index contributed by atoms with van der Waals surface area (Å²) in [5.74, 6) is 1.27. The van der Waals surface area contributed by atoms with Gasteiger partial charge in [0.15, 0.2) is 0 Å². The summed E-state index contributed by atoms with van der Waals surface area (Å²) in [6.07, 6.45) is 3.02. The summed E-state index contributed by atoms with van der Waals surface area (Å²) in [7, 11) is 0. The van der Waals surface area contributed by atoms with Crippen molar-refractivity contribution in [2.45, 2.75) is 12.7 Å². The maximum absolute atomic E-state index is 12.7. The highest BCUT2D eigenvalue weighted by Gasteiger charge is 2.15. The Bertz CT molecular complexity index is 1050. The molecule has 1 heterocycles. The van der Waals surface area contributed by atoms with Crippen LogP contribution in [0.25, 0.3) is 6.08 Å². The van der Waals surface area contributed by atoms with Gasteiger partial charge < -0.3 is 15.1 Å². The first-order valence-electron chi connectivity index (χ1n) is 9.75. The molecular formula is C24H23ClN2O3S. The summed E-state index contributed by atoms with van der Waals surface area (Å²) in [6, 6.07) is 18.3. The fraction of sp³-hybridized carbons (Fsp3) is 0.167. The van der Waals surface area contributed by atoms with Gasteiger partial charge in [-0.3, -0.25) is 9.59 Å². The number of amides is 2. The molecule has 2 N–H and O–H groups in total. The highest BCUT2D eigenvalue weighted by Crippen LogP contribution is 2.16. The van der Waals surface area contributed by atoms with E-state index in [-0.39, 0.29) is 17.5 Å². The SMILES string of the molecule is Cc1ccc(C(=O)N/C(=C\c2ccco2)C(=O)NCCSCc2cccc(Cl)c2)cc1. The number of carbonyl (C=O) groups excluding carboxylic acids is 2. The molecular weight excluding hydrogens is 432 g/mol. The van der Waals surface area contributed by atoms with E-state index in [2.05, 4.69) is 10.6 Å². The number of thioether (sulfide) groups is 1. The molecule has 3 rings (SSSR count). The van der Waals surface area contributed by atoms with Crippen molar-refractivity contribution in [2.24, 2.45) is 0 Å². The van der Waals surface area contributed by atoms with Gasteiger partial charge in [0.1, 0.15) is 11.5 Å². The zero-order chi connectivity index (χ0) is 22.1. The molecule has 0 spiro atoms. The van der Waals surface area contributed by atoms with E-state index in [0.29, 0.717) is 22.9 Å². The highest BCUT2D eigenvalue weighted by atomic mass is 35.5. The first kappa shape index (κ1) is 22.7. The molecule has 0 aliphatic rings. The zero-order valence-electron chi connectivity index (χ0n) is 17.1. The third-order valence-electron chi connectivity index (χ3n) is 4.33. The molecule has 3 aromatic rings. The van der Waals surface area contributed by atoms with Crippen LogP contribution in [-0.4, -0.2) is 24.1 Å². The number of furan rings is 1. The molecule has 7 heteroatoms. The predicted octanol–water partition coefficient (Wildman–Crippen LogP) is 5.06. The largest absolute Gasteiger partial charge is 0.465 e. The smallest absolute Gasteiger partial charge is 0.267 e. The summed E-state index contributed by atoms with van der Waals surface area (Å²) >= 11 is 7.69. The minimum Gasteiger partial charge on any atom is -0.465 e. The molecule has 31 heavy (non-hydrogen) atoms. The fourth-order valence-corrected chi connectivity index (χ4v) is 3.74. The van der Waals surface area contributed by atoms with Crippen molar-refractivity contribution in [1.29, 1.82) is 0 Å². The Morgan fingerprint density at radius 1 is 1.10 bits per heavy atom. The van der Waals surface area contributed by atoms with Gasteiger partial charge in [-0.1, -0.05) is 41.4 Å². The summed E-state index contributed by atoms with van der Waals surface area (Å²) in [4.78, 5) is 25.3. The Morgan fingerprint density at radius 2 is 1.90 bits per heavy atom. The van der Waals surface area contributed by atoms with Crippen LogP contribution < -0.4 is 10.6 Å². The monoisotopic (exact) mass is 454 g/mol. The van der Waals surface area contributed by atoms with Gasteiger partial charge in [-0.05, 0) is 48.9 Å². The number of hydrogen-bond acceptors (Lipinski definition) is 4. The number of carbonyl (C=O) groups is 2. The van der Waals surface area contributed by atoms with Gasteiger partial charge in [-0.2, -0.15) is 11.8 Å². The average molecular weight is 455 g/mol. The van der Waals surface area contributed by atoms with Gasteiger partial charge in [0.05, 0.1) is 6.26 Å². The molecule has 0 aliphatic carbocycles. The number of nitrogens with one attached hydrogen (secondary N) is 2. The van der Waals surface area contributed by atoms with E-state index in [0.717, 1.165) is 22.6 Å². The highest BCUT2D eigenvalue weighted by molar-refractivity contribution is 7.98. The minimum atomic E-state index is -0.375. The standard InChI is InChI=1S/C24H23ClN2O3S/c1-17-7-9-19(10-8-17)23(28)27-22(15-21-6-3-12-30-21)24(29)26-11-13-31-16-18-4-2-5-20(25)14-18/h2-10,12,14-15H,11,13,16H2,1H3,(H,26,29)(H,27,28)/b22-15-. The van der Waals surface area contributed by atoms with E-state index in [9.17, 15) is 9.59 Å². The van der Waals surface area contributed by atoms with Crippen LogP contribution in [0.1, 0.15) is 27.2 Å². The van der Waals surface area contributed by atoms with Crippen LogP contribution in [0.4, 0.5) is 0 Å². The molecule has 1 aromatic heterocycles. The van der Waals surface area contributed by atoms with Crippen LogP contribution in [0.2, 0.25) is 5.02 Å². The van der Waals surface area contributed by atoms with Crippen molar-refractivity contribution in [3.05, 3.63) is 100 Å². The summed E-state index contributed by atoms with van der Waals surface area (Å²) in [5.41, 5.74) is 2.78. The molecule has 2 aromatic carbocycles. The Kier molecular flexibility index (Phi) is 8.38. The molecule has 160 valence electrons.